The number of hydrogen-bond donors (Lipinski definition) is 0. The van der Waals surface area contributed by atoms with Gasteiger partial charge in [-0.05, 0) is 73.6 Å². The van der Waals surface area contributed by atoms with Gasteiger partial charge in [0.15, 0.2) is 5.84 Å². The van der Waals surface area contributed by atoms with Crippen molar-refractivity contribution in [3.63, 3.8) is 0 Å². The maximum Gasteiger partial charge on any atom is 0.160 e. The number of nitrogens with zero attached hydrogens (tertiary/aromatic N) is 2. The number of amidine groups is 1. The van der Waals surface area contributed by atoms with Gasteiger partial charge in [0, 0.05) is 16.8 Å². The highest BCUT2D eigenvalue weighted by atomic mass is 14.9. The highest BCUT2D eigenvalue weighted by Crippen LogP contribution is 2.30. The Balaban J connectivity index is 1.30. The van der Waals surface area contributed by atoms with E-state index in [-0.39, 0.29) is 0 Å². The molecule has 0 heterocycles. The zero-order valence-corrected chi connectivity index (χ0v) is 28.5. The summed E-state index contributed by atoms with van der Waals surface area (Å²) >= 11 is 0. The van der Waals surface area contributed by atoms with Gasteiger partial charge in [0.1, 0.15) is 0 Å². The molecule has 0 saturated heterocycles. The van der Waals surface area contributed by atoms with E-state index in [9.17, 15) is 0 Å². The van der Waals surface area contributed by atoms with Crippen LogP contribution in [-0.4, -0.2) is 11.5 Å². The Morgan fingerprint density at radius 2 is 1.04 bits per heavy atom. The lowest BCUT2D eigenvalue weighted by molar-refractivity contribution is 1.36. The summed E-state index contributed by atoms with van der Waals surface area (Å²) in [4.78, 5) is 10.3. The van der Waals surface area contributed by atoms with Gasteiger partial charge < -0.3 is 0 Å². The maximum absolute atomic E-state index is 5.17. The van der Waals surface area contributed by atoms with Crippen LogP contribution in [0.25, 0.3) is 56.0 Å². The summed E-state index contributed by atoms with van der Waals surface area (Å²) in [7, 11) is 0. The van der Waals surface area contributed by atoms with Crippen molar-refractivity contribution in [2.24, 2.45) is 9.98 Å². The fourth-order valence-corrected chi connectivity index (χ4v) is 6.50. The molecule has 0 amide bonds. The average molecular weight is 643 g/mol. The highest BCUT2D eigenvalue weighted by Gasteiger charge is 2.11. The van der Waals surface area contributed by atoms with Crippen LogP contribution in [0.2, 0.25) is 0 Å². The molecule has 2 nitrogen and oxygen atoms in total. The second-order valence-electron chi connectivity index (χ2n) is 12.4. The van der Waals surface area contributed by atoms with Crippen LogP contribution in [0.15, 0.2) is 192 Å². The number of aliphatic imine (C=N–C) groups is 2. The predicted molar refractivity (Wildman–Crippen MR) is 216 cm³/mol. The van der Waals surface area contributed by atoms with Gasteiger partial charge in [0.2, 0.25) is 0 Å². The second-order valence-corrected chi connectivity index (χ2v) is 12.4. The molecule has 0 aliphatic carbocycles. The summed E-state index contributed by atoms with van der Waals surface area (Å²) in [5.41, 5.74) is 9.05. The molecule has 7 aromatic rings. The number of allylic oxidation sites excluding steroid dienone is 2. The van der Waals surface area contributed by atoms with Crippen LogP contribution in [0, 0.1) is 0 Å². The van der Waals surface area contributed by atoms with E-state index in [1.54, 1.807) is 0 Å². The van der Waals surface area contributed by atoms with Crippen LogP contribution in [0.4, 0.5) is 0 Å². The van der Waals surface area contributed by atoms with Crippen molar-refractivity contribution in [2.75, 3.05) is 0 Å². The molecule has 7 aromatic carbocycles. The number of benzene rings is 7. The second kappa shape index (κ2) is 14.4. The van der Waals surface area contributed by atoms with Crippen LogP contribution in [-0.2, 0) is 0 Å². The van der Waals surface area contributed by atoms with Crippen molar-refractivity contribution in [3.05, 3.63) is 204 Å². The summed E-state index contributed by atoms with van der Waals surface area (Å²) < 4.78 is 0. The summed E-state index contributed by atoms with van der Waals surface area (Å²) in [6.45, 7) is 12.7. The van der Waals surface area contributed by atoms with Gasteiger partial charge in [-0.25, -0.2) is 9.98 Å². The van der Waals surface area contributed by atoms with Gasteiger partial charge in [-0.2, -0.15) is 0 Å². The Morgan fingerprint density at radius 3 is 1.60 bits per heavy atom. The van der Waals surface area contributed by atoms with E-state index in [1.165, 1.54) is 38.2 Å². The van der Waals surface area contributed by atoms with Crippen molar-refractivity contribution >= 4 is 45.2 Å². The molecule has 0 spiro atoms. The molecular formula is C48H38N2. The fraction of sp³-hybridized carbons (Fsp3) is 0.0417. The molecule has 0 atom stereocenters. The predicted octanol–water partition coefficient (Wildman–Crippen LogP) is 10.9. The fourth-order valence-electron chi connectivity index (χ4n) is 6.50. The third-order valence-corrected chi connectivity index (χ3v) is 9.11. The van der Waals surface area contributed by atoms with E-state index in [2.05, 4.69) is 153 Å². The highest BCUT2D eigenvalue weighted by molar-refractivity contribution is 6.12. The lowest BCUT2D eigenvalue weighted by Crippen LogP contribution is -2.25. The van der Waals surface area contributed by atoms with Crippen molar-refractivity contribution in [2.45, 2.75) is 13.8 Å². The van der Waals surface area contributed by atoms with Crippen LogP contribution in [0.3, 0.4) is 0 Å². The van der Waals surface area contributed by atoms with Gasteiger partial charge in [0.05, 0.1) is 5.70 Å². The number of fused-ring (bicyclic) bond motifs is 2. The Bertz CT molecular complexity index is 2560. The van der Waals surface area contributed by atoms with Gasteiger partial charge in [0.25, 0.3) is 0 Å². The molecule has 0 fully saturated rings. The van der Waals surface area contributed by atoms with E-state index >= 15 is 0 Å². The van der Waals surface area contributed by atoms with Crippen molar-refractivity contribution < 1.29 is 0 Å². The Hall–Kier alpha value is -6.38. The number of hydrogen-bond acceptors (Lipinski definition) is 1. The molecule has 0 saturated carbocycles. The van der Waals surface area contributed by atoms with E-state index < -0.39 is 0 Å². The largest absolute Gasteiger partial charge is 0.233 e. The maximum atomic E-state index is 5.17. The minimum absolute atomic E-state index is 0.596. The summed E-state index contributed by atoms with van der Waals surface area (Å²) in [5.74, 6) is 0.596. The lowest BCUT2D eigenvalue weighted by Gasteiger charge is -2.11. The molecule has 0 unspecified atom stereocenters. The monoisotopic (exact) mass is 642 g/mol. The molecule has 0 bridgehead atoms. The van der Waals surface area contributed by atoms with Crippen molar-refractivity contribution in [1.82, 2.24) is 0 Å². The minimum Gasteiger partial charge on any atom is -0.233 e. The quantitative estimate of drug-likeness (QED) is 0.122. The molecule has 7 rings (SSSR count). The smallest absolute Gasteiger partial charge is 0.160 e. The zero-order valence-electron chi connectivity index (χ0n) is 28.5. The van der Waals surface area contributed by atoms with E-state index in [1.807, 2.05) is 44.2 Å². The Kier molecular flexibility index (Phi) is 9.26. The topological polar surface area (TPSA) is 24.7 Å². The third-order valence-electron chi connectivity index (χ3n) is 9.11. The first-order valence-corrected chi connectivity index (χ1v) is 16.9. The van der Waals surface area contributed by atoms with Crippen LogP contribution in [0.5, 0.6) is 0 Å². The number of rotatable bonds is 7. The van der Waals surface area contributed by atoms with Crippen LogP contribution in [0.1, 0.15) is 25.0 Å². The third kappa shape index (κ3) is 6.65. The van der Waals surface area contributed by atoms with Gasteiger partial charge in [-0.15, -0.1) is 0 Å². The summed E-state index contributed by atoms with van der Waals surface area (Å²) in [6.07, 6.45) is 4.05. The standard InChI is InChI=1S/C48H38N2/c1-5-14-43(42-20-9-6-15-33(42)2)35(4)50-48(41-31-29-40(30-32-41)47-24-13-19-38-17-8-11-22-45(38)47)49-34(3)36-25-27-39(28-26-36)46-23-12-18-37-16-7-10-21-44(37)46/h5-32H,2,4H2,1,3H3/b14-5-,43-42+,49-34+,50-48-. The molecule has 0 radical (unpaired) electrons. The molecule has 0 aromatic heterocycles. The van der Waals surface area contributed by atoms with Gasteiger partial charge >= 0.3 is 0 Å². The van der Waals surface area contributed by atoms with E-state index in [0.29, 0.717) is 11.5 Å². The zero-order chi connectivity index (χ0) is 34.5. The average Bonchev–Trinajstić information content (AvgIpc) is 3.16. The van der Waals surface area contributed by atoms with Crippen molar-refractivity contribution in [1.29, 1.82) is 0 Å². The molecule has 0 N–H and O–H groups in total. The summed E-state index contributed by atoms with van der Waals surface area (Å²) in [5, 5.41) is 6.83. The van der Waals surface area contributed by atoms with E-state index in [4.69, 9.17) is 9.98 Å². The molecule has 2 heteroatoms. The molecule has 50 heavy (non-hydrogen) atoms. The van der Waals surface area contributed by atoms with E-state index in [0.717, 1.165) is 38.4 Å². The Morgan fingerprint density at radius 1 is 0.540 bits per heavy atom. The molecular weight excluding hydrogens is 605 g/mol. The molecule has 0 aliphatic rings. The first-order chi connectivity index (χ1) is 24.5. The minimum atomic E-state index is 0.596. The molecule has 240 valence electrons. The lowest BCUT2D eigenvalue weighted by atomic mass is 9.97. The summed E-state index contributed by atoms with van der Waals surface area (Å²) in [6, 6.07) is 55.1. The van der Waals surface area contributed by atoms with Gasteiger partial charge in [-0.3, -0.25) is 0 Å². The van der Waals surface area contributed by atoms with Crippen molar-refractivity contribution in [3.8, 4) is 22.3 Å². The van der Waals surface area contributed by atoms with Crippen LogP contribution < -0.4 is 10.4 Å². The first-order valence-electron chi connectivity index (χ1n) is 16.9. The van der Waals surface area contributed by atoms with Crippen LogP contribution >= 0.6 is 0 Å². The SMILES string of the molecule is C=C(/N=C(\N=C(/C)c1ccc(-c2cccc3ccccc23)cc1)c1ccc(-c2cccc3ccccc23)cc1)C(/C=C\C)=c1\ccccc1=C. The normalized spacial score (nSPS) is 12.8. The first kappa shape index (κ1) is 32.2. The van der Waals surface area contributed by atoms with Gasteiger partial charge in [-0.1, -0.05) is 183 Å². The Labute approximate surface area is 294 Å². The molecule has 0 aliphatic heterocycles.